The molecule has 4 nitrogen and oxygen atoms in total. The van der Waals surface area contributed by atoms with Crippen molar-refractivity contribution in [3.05, 3.63) is 22.7 Å². The number of Topliss-reactive ketones (excluding diaryl/α,β-unsaturated/α-hetero) is 2. The van der Waals surface area contributed by atoms with Gasteiger partial charge in [0.15, 0.2) is 11.6 Å². The Balaban J connectivity index is 1.74. The van der Waals surface area contributed by atoms with Gasteiger partial charge in [0.25, 0.3) is 0 Å². The maximum atomic E-state index is 13.1. The van der Waals surface area contributed by atoms with Gasteiger partial charge in [0.2, 0.25) is 0 Å². The van der Waals surface area contributed by atoms with Crippen molar-refractivity contribution in [2.75, 3.05) is 13.1 Å². The lowest BCUT2D eigenvalue weighted by Gasteiger charge is -2.43. The van der Waals surface area contributed by atoms with Crippen molar-refractivity contribution < 1.29 is 14.3 Å². The van der Waals surface area contributed by atoms with E-state index in [2.05, 4.69) is 33.0 Å². The molecule has 0 saturated carbocycles. The Morgan fingerprint density at radius 1 is 0.852 bits per heavy atom. The number of allylic oxidation sites excluding steroid dienone is 4. The van der Waals surface area contributed by atoms with E-state index in [4.69, 9.17) is 4.74 Å². The molecule has 1 saturated heterocycles. The topological polar surface area (TPSA) is 55.4 Å². The monoisotopic (exact) mass is 371 g/mol. The summed E-state index contributed by atoms with van der Waals surface area (Å²) in [6.07, 6.45) is 5.87. The average molecular weight is 372 g/mol. The van der Waals surface area contributed by atoms with Gasteiger partial charge in [-0.1, -0.05) is 27.7 Å². The maximum Gasteiger partial charge on any atom is 0.163 e. The molecule has 0 atom stereocenters. The van der Waals surface area contributed by atoms with Crippen LogP contribution in [0.2, 0.25) is 0 Å². The third kappa shape index (κ3) is 3.65. The Bertz CT molecular complexity index is 683. The zero-order valence-electron chi connectivity index (χ0n) is 17.2. The standard InChI is InChI=1S/C23H33NO3/c1-22(2)10-16(25)20-15(9-14-5-7-24-8-6-14)21-17(26)11-23(3,4)13-19(21)27-18(20)12-22/h14-15,24H,5-13H2,1-4H3. The maximum absolute atomic E-state index is 13.1. The molecule has 2 aliphatic carbocycles. The van der Waals surface area contributed by atoms with Gasteiger partial charge in [-0.05, 0) is 49.1 Å². The molecule has 0 aromatic heterocycles. The summed E-state index contributed by atoms with van der Waals surface area (Å²) in [6.45, 7) is 10.6. The molecule has 148 valence electrons. The first-order valence-corrected chi connectivity index (χ1v) is 10.6. The van der Waals surface area contributed by atoms with Gasteiger partial charge in [-0.3, -0.25) is 9.59 Å². The SMILES string of the molecule is CC1(C)CC(=O)C2=C(C1)OC1=C(C(=O)CC(C)(C)C1)C2CC1CCNCC1. The Kier molecular flexibility index (Phi) is 4.61. The zero-order valence-corrected chi connectivity index (χ0v) is 17.2. The summed E-state index contributed by atoms with van der Waals surface area (Å²) in [4.78, 5) is 26.2. The van der Waals surface area contributed by atoms with E-state index in [1.807, 2.05) is 0 Å². The van der Waals surface area contributed by atoms with Crippen LogP contribution in [-0.2, 0) is 14.3 Å². The number of ether oxygens (including phenoxy) is 1. The molecule has 0 bridgehead atoms. The van der Waals surface area contributed by atoms with E-state index in [0.29, 0.717) is 18.8 Å². The number of ketones is 2. The van der Waals surface area contributed by atoms with Crippen LogP contribution in [0.5, 0.6) is 0 Å². The first kappa shape index (κ1) is 18.9. The van der Waals surface area contributed by atoms with Crippen LogP contribution in [0.3, 0.4) is 0 Å². The predicted octanol–water partition coefficient (Wildman–Crippen LogP) is 4.31. The zero-order chi connectivity index (χ0) is 19.4. The highest BCUT2D eigenvalue weighted by Crippen LogP contribution is 2.51. The fourth-order valence-corrected chi connectivity index (χ4v) is 5.49. The molecule has 0 amide bonds. The summed E-state index contributed by atoms with van der Waals surface area (Å²) >= 11 is 0. The van der Waals surface area contributed by atoms with Crippen molar-refractivity contribution in [2.24, 2.45) is 22.7 Å². The predicted molar refractivity (Wildman–Crippen MR) is 105 cm³/mol. The van der Waals surface area contributed by atoms with Crippen molar-refractivity contribution in [3.63, 3.8) is 0 Å². The van der Waals surface area contributed by atoms with Gasteiger partial charge < -0.3 is 10.1 Å². The fourth-order valence-electron chi connectivity index (χ4n) is 5.49. The number of carbonyl (C=O) groups is 2. The largest absolute Gasteiger partial charge is 0.465 e. The van der Waals surface area contributed by atoms with Crippen molar-refractivity contribution in [2.45, 2.75) is 72.6 Å². The second kappa shape index (κ2) is 6.58. The summed E-state index contributed by atoms with van der Waals surface area (Å²) in [6, 6.07) is 0. The van der Waals surface area contributed by atoms with Crippen molar-refractivity contribution in [1.82, 2.24) is 5.32 Å². The van der Waals surface area contributed by atoms with E-state index >= 15 is 0 Å². The van der Waals surface area contributed by atoms with Gasteiger partial charge in [0.1, 0.15) is 11.5 Å². The van der Waals surface area contributed by atoms with Crippen molar-refractivity contribution >= 4 is 11.6 Å². The smallest absolute Gasteiger partial charge is 0.163 e. The lowest BCUT2D eigenvalue weighted by atomic mass is 9.65. The van der Waals surface area contributed by atoms with Crippen LogP contribution in [0.15, 0.2) is 22.7 Å². The lowest BCUT2D eigenvalue weighted by molar-refractivity contribution is -0.121. The number of rotatable bonds is 2. The highest BCUT2D eigenvalue weighted by Gasteiger charge is 2.47. The summed E-state index contributed by atoms with van der Waals surface area (Å²) in [5.74, 6) is 2.65. The van der Waals surface area contributed by atoms with Gasteiger partial charge in [0, 0.05) is 42.7 Å². The summed E-state index contributed by atoms with van der Waals surface area (Å²) < 4.78 is 6.33. The third-order valence-electron chi connectivity index (χ3n) is 6.73. The number of nitrogens with one attached hydrogen (secondary N) is 1. The van der Waals surface area contributed by atoms with E-state index in [-0.39, 0.29) is 28.3 Å². The molecule has 0 spiro atoms. The van der Waals surface area contributed by atoms with Crippen LogP contribution in [-0.4, -0.2) is 24.7 Å². The molecule has 27 heavy (non-hydrogen) atoms. The first-order chi connectivity index (χ1) is 12.7. The molecular formula is C23H33NO3. The van der Waals surface area contributed by atoms with Gasteiger partial charge in [-0.25, -0.2) is 0 Å². The van der Waals surface area contributed by atoms with Crippen LogP contribution in [0.1, 0.15) is 72.6 Å². The summed E-state index contributed by atoms with van der Waals surface area (Å²) in [7, 11) is 0. The summed E-state index contributed by atoms with van der Waals surface area (Å²) in [5, 5.41) is 3.42. The minimum atomic E-state index is -0.0680. The Labute approximate surface area is 162 Å². The molecule has 2 heterocycles. The number of hydrogen-bond acceptors (Lipinski definition) is 4. The molecule has 0 unspecified atom stereocenters. The highest BCUT2D eigenvalue weighted by molar-refractivity contribution is 6.04. The number of hydrogen-bond donors (Lipinski definition) is 1. The van der Waals surface area contributed by atoms with Crippen LogP contribution in [0.4, 0.5) is 0 Å². The third-order valence-corrected chi connectivity index (χ3v) is 6.73. The second-order valence-corrected chi connectivity index (χ2v) is 10.6. The van der Waals surface area contributed by atoms with Gasteiger partial charge >= 0.3 is 0 Å². The molecule has 2 aliphatic heterocycles. The fraction of sp³-hybridized carbons (Fsp3) is 0.739. The van der Waals surface area contributed by atoms with Gasteiger partial charge in [-0.2, -0.15) is 0 Å². The molecule has 1 fully saturated rings. The van der Waals surface area contributed by atoms with Crippen LogP contribution in [0, 0.1) is 22.7 Å². The Morgan fingerprint density at radius 3 is 1.81 bits per heavy atom. The molecule has 4 rings (SSSR count). The van der Waals surface area contributed by atoms with Crippen LogP contribution < -0.4 is 5.32 Å². The Morgan fingerprint density at radius 2 is 1.33 bits per heavy atom. The highest BCUT2D eigenvalue weighted by atomic mass is 16.5. The van der Waals surface area contributed by atoms with Crippen molar-refractivity contribution in [1.29, 1.82) is 0 Å². The van der Waals surface area contributed by atoms with Crippen LogP contribution in [0.25, 0.3) is 0 Å². The molecule has 0 aromatic rings. The first-order valence-electron chi connectivity index (χ1n) is 10.6. The average Bonchev–Trinajstić information content (AvgIpc) is 2.52. The molecule has 1 N–H and O–H groups in total. The molecule has 0 radical (unpaired) electrons. The molecular weight excluding hydrogens is 338 g/mol. The molecule has 4 aliphatic rings. The number of carbonyl (C=O) groups excluding carboxylic acids is 2. The van der Waals surface area contributed by atoms with E-state index in [9.17, 15) is 9.59 Å². The second-order valence-electron chi connectivity index (χ2n) is 10.6. The van der Waals surface area contributed by atoms with Gasteiger partial charge in [0.05, 0.1) is 0 Å². The number of piperidine rings is 1. The van der Waals surface area contributed by atoms with E-state index in [1.165, 1.54) is 0 Å². The van der Waals surface area contributed by atoms with E-state index in [0.717, 1.165) is 67.9 Å². The minimum Gasteiger partial charge on any atom is -0.465 e. The van der Waals surface area contributed by atoms with Crippen molar-refractivity contribution in [3.8, 4) is 0 Å². The Hall–Kier alpha value is -1.42. The molecule has 0 aromatic carbocycles. The normalized spacial score (nSPS) is 28.7. The van der Waals surface area contributed by atoms with Gasteiger partial charge in [-0.15, -0.1) is 0 Å². The van der Waals surface area contributed by atoms with Crippen LogP contribution >= 0.6 is 0 Å². The van der Waals surface area contributed by atoms with E-state index < -0.39 is 0 Å². The molecule has 4 heteroatoms. The quantitative estimate of drug-likeness (QED) is 0.786. The lowest BCUT2D eigenvalue weighted by Crippen LogP contribution is -2.39. The van der Waals surface area contributed by atoms with E-state index in [1.54, 1.807) is 0 Å². The summed E-state index contributed by atoms with van der Waals surface area (Å²) in [5.41, 5.74) is 1.53. The minimum absolute atomic E-state index is 0.0425.